The van der Waals surface area contributed by atoms with Gasteiger partial charge in [-0.15, -0.1) is 13.2 Å². The lowest BCUT2D eigenvalue weighted by molar-refractivity contribution is -0.274. The normalized spacial score (nSPS) is 19.2. The Morgan fingerprint density at radius 2 is 1.87 bits per heavy atom. The summed E-state index contributed by atoms with van der Waals surface area (Å²) >= 11 is 0. The molecule has 0 spiro atoms. The third-order valence-electron chi connectivity index (χ3n) is 6.73. The van der Waals surface area contributed by atoms with Gasteiger partial charge in [-0.05, 0) is 73.1 Å². The summed E-state index contributed by atoms with van der Waals surface area (Å²) in [5.74, 6) is -0.904. The Balaban J connectivity index is 1.72. The predicted octanol–water partition coefficient (Wildman–Crippen LogP) is 6.22. The predicted molar refractivity (Wildman–Crippen MR) is 137 cm³/mol. The first-order valence-corrected chi connectivity index (χ1v) is 12.3. The molecule has 1 fully saturated rings. The highest BCUT2D eigenvalue weighted by Gasteiger charge is 2.35. The average Bonchev–Trinajstić information content (AvgIpc) is 3.14. The van der Waals surface area contributed by atoms with Gasteiger partial charge in [-0.25, -0.2) is 4.98 Å². The van der Waals surface area contributed by atoms with Crippen LogP contribution in [0.1, 0.15) is 56.4 Å². The third-order valence-corrected chi connectivity index (χ3v) is 6.73. The number of ether oxygens (including phenoxy) is 1. The number of benzene rings is 2. The molecular weight excluding hydrogens is 501 g/mol. The summed E-state index contributed by atoms with van der Waals surface area (Å²) in [5, 5.41) is 12.3. The lowest BCUT2D eigenvalue weighted by atomic mass is 9.70. The minimum atomic E-state index is -4.78. The number of hydrogen-bond donors (Lipinski definition) is 2. The number of carbonyl (C=O) groups is 2. The number of aromatic nitrogens is 2. The summed E-state index contributed by atoms with van der Waals surface area (Å²) in [6.45, 7) is 6.25. The third kappa shape index (κ3) is 6.38. The Hall–Kier alpha value is -3.76. The molecule has 1 saturated carbocycles. The number of carbonyl (C=O) groups excluding carboxylic acids is 1. The van der Waals surface area contributed by atoms with E-state index in [9.17, 15) is 22.8 Å². The number of amides is 1. The molecule has 11 heteroatoms. The molecule has 1 aliphatic carbocycles. The van der Waals surface area contributed by atoms with Gasteiger partial charge in [0.25, 0.3) is 5.91 Å². The van der Waals surface area contributed by atoms with Crippen LogP contribution in [0.15, 0.2) is 42.5 Å². The van der Waals surface area contributed by atoms with E-state index in [4.69, 9.17) is 10.1 Å². The average molecular weight is 533 g/mol. The number of imidazole rings is 1. The minimum Gasteiger partial charge on any atom is -0.480 e. The first kappa shape index (κ1) is 27.3. The molecule has 1 aromatic heterocycles. The van der Waals surface area contributed by atoms with Crippen LogP contribution in [-0.2, 0) is 4.79 Å². The number of carboxylic acid groups (broad SMARTS) is 1. The maximum Gasteiger partial charge on any atom is 0.573 e. The standard InChI is InChI=1S/C27H31F3N4O4/c1-16-11-19(14-26(2,3)13-16)34-22-10-5-17(24(37)33(4)15-23(35)36)12-21(22)32-25(34)31-18-6-8-20(9-7-18)38-27(28,29)30/h5-10,12,16,19H,11,13-15H2,1-4H3,(H,31,32)(H,35,36)/t16-,19+/m0/s1. The largest absolute Gasteiger partial charge is 0.573 e. The monoisotopic (exact) mass is 532 g/mol. The second kappa shape index (κ2) is 10.2. The van der Waals surface area contributed by atoms with E-state index < -0.39 is 24.8 Å². The summed E-state index contributed by atoms with van der Waals surface area (Å²) < 4.78 is 43.7. The molecule has 2 N–H and O–H groups in total. The highest BCUT2D eigenvalue weighted by atomic mass is 19.4. The topological polar surface area (TPSA) is 96.7 Å². The SMILES string of the molecule is C[C@H]1C[C@@H](n2c(Nc3ccc(OC(F)(F)F)cc3)nc3cc(C(=O)N(C)CC(=O)O)ccc32)CC(C)(C)C1. The second-order valence-electron chi connectivity index (χ2n) is 10.8. The lowest BCUT2D eigenvalue weighted by Gasteiger charge is -2.40. The number of anilines is 2. The van der Waals surface area contributed by atoms with Crippen molar-refractivity contribution in [1.82, 2.24) is 14.5 Å². The van der Waals surface area contributed by atoms with E-state index in [0.717, 1.165) is 29.7 Å². The van der Waals surface area contributed by atoms with Crippen LogP contribution >= 0.6 is 0 Å². The second-order valence-corrected chi connectivity index (χ2v) is 10.8. The molecule has 4 rings (SSSR count). The van der Waals surface area contributed by atoms with Crippen molar-refractivity contribution < 1.29 is 32.6 Å². The summed E-state index contributed by atoms with van der Waals surface area (Å²) in [4.78, 5) is 29.7. The Bertz CT molecular complexity index is 1330. The molecule has 38 heavy (non-hydrogen) atoms. The first-order chi connectivity index (χ1) is 17.7. The zero-order valence-electron chi connectivity index (χ0n) is 21.7. The summed E-state index contributed by atoms with van der Waals surface area (Å²) in [5.41, 5.74) is 2.29. The van der Waals surface area contributed by atoms with Crippen LogP contribution in [0.25, 0.3) is 11.0 Å². The van der Waals surface area contributed by atoms with E-state index in [0.29, 0.717) is 28.6 Å². The molecule has 0 bridgehead atoms. The molecule has 1 heterocycles. The maximum atomic E-state index is 12.8. The van der Waals surface area contributed by atoms with Crippen molar-refractivity contribution in [3.63, 3.8) is 0 Å². The number of halogens is 3. The van der Waals surface area contributed by atoms with Gasteiger partial charge in [-0.1, -0.05) is 20.8 Å². The molecule has 8 nitrogen and oxygen atoms in total. The zero-order valence-corrected chi connectivity index (χ0v) is 21.7. The number of alkyl halides is 3. The number of fused-ring (bicyclic) bond motifs is 1. The Morgan fingerprint density at radius 3 is 2.47 bits per heavy atom. The van der Waals surface area contributed by atoms with Gasteiger partial charge >= 0.3 is 12.3 Å². The van der Waals surface area contributed by atoms with Gasteiger partial charge in [0.1, 0.15) is 12.3 Å². The van der Waals surface area contributed by atoms with Crippen molar-refractivity contribution >= 4 is 34.5 Å². The number of nitrogens with one attached hydrogen (secondary N) is 1. The molecule has 0 aliphatic heterocycles. The molecule has 2 atom stereocenters. The summed E-state index contributed by atoms with van der Waals surface area (Å²) in [7, 11) is 1.42. The summed E-state index contributed by atoms with van der Waals surface area (Å²) in [6.07, 6.45) is -1.86. The highest BCUT2D eigenvalue weighted by molar-refractivity contribution is 5.98. The van der Waals surface area contributed by atoms with Crippen LogP contribution in [0, 0.1) is 11.3 Å². The van der Waals surface area contributed by atoms with Gasteiger partial charge in [-0.2, -0.15) is 0 Å². The van der Waals surface area contributed by atoms with Crippen LogP contribution in [0.4, 0.5) is 24.8 Å². The van der Waals surface area contributed by atoms with E-state index in [1.807, 2.05) is 6.07 Å². The number of carboxylic acids is 1. The van der Waals surface area contributed by atoms with E-state index in [1.165, 1.54) is 31.3 Å². The molecule has 0 saturated heterocycles. The lowest BCUT2D eigenvalue weighted by Crippen LogP contribution is -2.31. The molecular formula is C27H31F3N4O4. The van der Waals surface area contributed by atoms with Crippen molar-refractivity contribution in [3.05, 3.63) is 48.0 Å². The van der Waals surface area contributed by atoms with Crippen LogP contribution < -0.4 is 10.1 Å². The highest BCUT2D eigenvalue weighted by Crippen LogP contribution is 2.46. The molecule has 1 amide bonds. The van der Waals surface area contributed by atoms with Gasteiger partial charge in [0.15, 0.2) is 0 Å². The first-order valence-electron chi connectivity index (χ1n) is 12.3. The Morgan fingerprint density at radius 1 is 1.18 bits per heavy atom. The van der Waals surface area contributed by atoms with Gasteiger partial charge in [0.2, 0.25) is 5.95 Å². The summed E-state index contributed by atoms with van der Waals surface area (Å²) in [6, 6.07) is 10.6. The maximum absolute atomic E-state index is 12.8. The van der Waals surface area contributed by atoms with Gasteiger partial charge < -0.3 is 24.6 Å². The molecule has 1 aliphatic rings. The quantitative estimate of drug-likeness (QED) is 0.375. The van der Waals surface area contributed by atoms with E-state index in [2.05, 4.69) is 35.4 Å². The van der Waals surface area contributed by atoms with E-state index >= 15 is 0 Å². The molecule has 0 radical (unpaired) electrons. The fourth-order valence-electron chi connectivity index (χ4n) is 5.55. The fraction of sp³-hybridized carbons (Fsp3) is 0.444. The number of nitrogens with zero attached hydrogens (tertiary/aromatic N) is 3. The van der Waals surface area contributed by atoms with Crippen molar-refractivity contribution in [2.45, 2.75) is 52.4 Å². The Labute approximate surface area is 218 Å². The smallest absolute Gasteiger partial charge is 0.480 e. The van der Waals surface area contributed by atoms with Crippen LogP contribution in [0.3, 0.4) is 0 Å². The van der Waals surface area contributed by atoms with Crippen LogP contribution in [-0.4, -0.2) is 51.4 Å². The molecule has 0 unspecified atom stereocenters. The van der Waals surface area contributed by atoms with Crippen molar-refractivity contribution in [2.75, 3.05) is 18.9 Å². The van der Waals surface area contributed by atoms with Crippen LogP contribution in [0.2, 0.25) is 0 Å². The molecule has 2 aromatic carbocycles. The van der Waals surface area contributed by atoms with Crippen molar-refractivity contribution in [3.8, 4) is 5.75 Å². The number of rotatable bonds is 7. The van der Waals surface area contributed by atoms with E-state index in [1.54, 1.807) is 12.1 Å². The van der Waals surface area contributed by atoms with Gasteiger partial charge in [-0.3, -0.25) is 9.59 Å². The molecule has 3 aromatic rings. The van der Waals surface area contributed by atoms with Crippen molar-refractivity contribution in [1.29, 1.82) is 0 Å². The number of aliphatic carboxylic acids is 1. The number of likely N-dealkylation sites (N-methyl/N-ethyl adjacent to an activating group) is 1. The van der Waals surface area contributed by atoms with Crippen LogP contribution in [0.5, 0.6) is 5.75 Å². The Kier molecular flexibility index (Phi) is 7.31. The fourth-order valence-corrected chi connectivity index (χ4v) is 5.55. The van der Waals surface area contributed by atoms with Crippen molar-refractivity contribution in [2.24, 2.45) is 11.3 Å². The molecule has 204 valence electrons. The van der Waals surface area contributed by atoms with E-state index in [-0.39, 0.29) is 17.2 Å². The number of hydrogen-bond acceptors (Lipinski definition) is 5. The zero-order chi connectivity index (χ0) is 27.8. The minimum absolute atomic E-state index is 0.0994. The van der Waals surface area contributed by atoms with Gasteiger partial charge in [0, 0.05) is 24.3 Å². The van der Waals surface area contributed by atoms with Gasteiger partial charge in [0.05, 0.1) is 11.0 Å².